The summed E-state index contributed by atoms with van der Waals surface area (Å²) in [5.74, 6) is 0.717. The van der Waals surface area contributed by atoms with Crippen LogP contribution in [0.5, 0.6) is 0 Å². The number of aromatic nitrogens is 2. The van der Waals surface area contributed by atoms with E-state index < -0.39 is 0 Å². The highest BCUT2D eigenvalue weighted by Crippen LogP contribution is 2.42. The molecule has 0 bridgehead atoms. The van der Waals surface area contributed by atoms with Gasteiger partial charge >= 0.3 is 0 Å². The quantitative estimate of drug-likeness (QED) is 0.897. The molecule has 5 nitrogen and oxygen atoms in total. The first-order valence-electron chi connectivity index (χ1n) is 7.17. The van der Waals surface area contributed by atoms with E-state index in [4.69, 9.17) is 4.74 Å². The molecule has 1 aromatic heterocycles. The van der Waals surface area contributed by atoms with Gasteiger partial charge < -0.3 is 9.64 Å². The van der Waals surface area contributed by atoms with Crippen molar-refractivity contribution in [2.45, 2.75) is 51.7 Å². The molecular formula is C14H21N3O2. The molecule has 1 aliphatic heterocycles. The maximum atomic E-state index is 12.3. The van der Waals surface area contributed by atoms with E-state index in [2.05, 4.69) is 10.2 Å². The molecule has 19 heavy (non-hydrogen) atoms. The lowest BCUT2D eigenvalue weighted by atomic mass is 10.0. The van der Waals surface area contributed by atoms with Gasteiger partial charge in [0.05, 0.1) is 5.69 Å². The van der Waals surface area contributed by atoms with Crippen LogP contribution in [0.3, 0.4) is 0 Å². The van der Waals surface area contributed by atoms with E-state index in [1.54, 1.807) is 0 Å². The van der Waals surface area contributed by atoms with Gasteiger partial charge in [-0.05, 0) is 26.7 Å². The Morgan fingerprint density at radius 2 is 2.37 bits per heavy atom. The molecule has 2 aliphatic rings. The topological polar surface area (TPSA) is 58.2 Å². The molecule has 2 heterocycles. The molecule has 1 aromatic rings. The predicted molar refractivity (Wildman–Crippen MR) is 70.8 cm³/mol. The monoisotopic (exact) mass is 263 g/mol. The minimum Gasteiger partial charge on any atom is -0.369 e. The molecule has 1 saturated carbocycles. The second kappa shape index (κ2) is 4.96. The van der Waals surface area contributed by atoms with Gasteiger partial charge in [-0.1, -0.05) is 0 Å². The Bertz CT molecular complexity index is 479. The predicted octanol–water partition coefficient (Wildman–Crippen LogP) is 1.60. The van der Waals surface area contributed by atoms with Crippen LogP contribution in [-0.2, 0) is 22.5 Å². The summed E-state index contributed by atoms with van der Waals surface area (Å²) >= 11 is 0. The number of hydrogen-bond acceptors (Lipinski definition) is 3. The number of H-pyrrole nitrogens is 1. The second-order valence-corrected chi connectivity index (χ2v) is 5.45. The summed E-state index contributed by atoms with van der Waals surface area (Å²) < 4.78 is 5.40. The fourth-order valence-corrected chi connectivity index (χ4v) is 2.78. The number of rotatable bonds is 4. The molecule has 1 N–H and O–H groups in total. The summed E-state index contributed by atoms with van der Waals surface area (Å²) in [7, 11) is 0. The van der Waals surface area contributed by atoms with Gasteiger partial charge in [0.1, 0.15) is 6.10 Å². The zero-order chi connectivity index (χ0) is 13.4. The standard InChI is InChI=1S/C14H21N3O2/c1-3-19-9(2)14(18)17-7-6-12-11(8-17)13(16-15-12)10-4-5-10/h9-10H,3-8H2,1-2H3,(H,15,16)/t9-/m0/s1. The number of fused-ring (bicyclic) bond motifs is 1. The molecule has 0 saturated heterocycles. The third kappa shape index (κ3) is 2.39. The van der Waals surface area contributed by atoms with Crippen molar-refractivity contribution in [1.82, 2.24) is 15.1 Å². The Labute approximate surface area is 113 Å². The van der Waals surface area contributed by atoms with Gasteiger partial charge in [0.15, 0.2) is 0 Å². The van der Waals surface area contributed by atoms with E-state index in [-0.39, 0.29) is 12.0 Å². The molecule has 1 amide bonds. The smallest absolute Gasteiger partial charge is 0.251 e. The number of hydrogen-bond donors (Lipinski definition) is 1. The van der Waals surface area contributed by atoms with Crippen molar-refractivity contribution in [3.8, 4) is 0 Å². The van der Waals surface area contributed by atoms with Gasteiger partial charge in [-0.15, -0.1) is 0 Å². The number of nitrogens with one attached hydrogen (secondary N) is 1. The number of ether oxygens (including phenoxy) is 1. The van der Waals surface area contributed by atoms with Gasteiger partial charge in [0, 0.05) is 43.3 Å². The normalized spacial score (nSPS) is 20.2. The van der Waals surface area contributed by atoms with Crippen molar-refractivity contribution in [3.05, 3.63) is 17.0 Å². The van der Waals surface area contributed by atoms with Crippen LogP contribution in [0.15, 0.2) is 0 Å². The van der Waals surface area contributed by atoms with Crippen LogP contribution in [0.2, 0.25) is 0 Å². The molecule has 5 heteroatoms. The van der Waals surface area contributed by atoms with Crippen LogP contribution in [-0.4, -0.2) is 40.3 Å². The maximum Gasteiger partial charge on any atom is 0.251 e. The first-order valence-corrected chi connectivity index (χ1v) is 7.17. The number of carbonyl (C=O) groups is 1. The van der Waals surface area contributed by atoms with E-state index in [1.165, 1.54) is 29.8 Å². The summed E-state index contributed by atoms with van der Waals surface area (Å²) in [4.78, 5) is 14.2. The minimum absolute atomic E-state index is 0.0930. The van der Waals surface area contributed by atoms with Crippen LogP contribution >= 0.6 is 0 Å². The number of nitrogens with zero attached hydrogens (tertiary/aromatic N) is 2. The number of aromatic amines is 1. The molecule has 0 radical (unpaired) electrons. The summed E-state index contributed by atoms with van der Waals surface area (Å²) in [6.45, 7) is 5.77. The molecule has 1 aliphatic carbocycles. The van der Waals surface area contributed by atoms with Crippen molar-refractivity contribution in [1.29, 1.82) is 0 Å². The fraction of sp³-hybridized carbons (Fsp3) is 0.714. The van der Waals surface area contributed by atoms with E-state index in [0.29, 0.717) is 19.1 Å². The van der Waals surface area contributed by atoms with Crippen molar-refractivity contribution in [2.75, 3.05) is 13.2 Å². The van der Waals surface area contributed by atoms with Crippen molar-refractivity contribution < 1.29 is 9.53 Å². The van der Waals surface area contributed by atoms with Crippen molar-refractivity contribution in [3.63, 3.8) is 0 Å². The number of carbonyl (C=O) groups excluding carboxylic acids is 1. The molecule has 0 unspecified atom stereocenters. The summed E-state index contributed by atoms with van der Waals surface area (Å²) in [6, 6.07) is 0. The van der Waals surface area contributed by atoms with Crippen LogP contribution in [0.4, 0.5) is 0 Å². The van der Waals surface area contributed by atoms with E-state index in [1.807, 2.05) is 18.7 Å². The highest BCUT2D eigenvalue weighted by molar-refractivity contribution is 5.80. The highest BCUT2D eigenvalue weighted by Gasteiger charge is 2.34. The first kappa shape index (κ1) is 12.7. The van der Waals surface area contributed by atoms with Gasteiger partial charge in [0.25, 0.3) is 5.91 Å². The lowest BCUT2D eigenvalue weighted by Gasteiger charge is -2.29. The second-order valence-electron chi connectivity index (χ2n) is 5.45. The average Bonchev–Trinajstić information content (AvgIpc) is 3.17. The van der Waals surface area contributed by atoms with Crippen LogP contribution in [0, 0.1) is 0 Å². The van der Waals surface area contributed by atoms with Crippen LogP contribution in [0.1, 0.15) is 49.6 Å². The highest BCUT2D eigenvalue weighted by atomic mass is 16.5. The summed E-state index contributed by atoms with van der Waals surface area (Å²) in [5.41, 5.74) is 3.66. The van der Waals surface area contributed by atoms with Gasteiger partial charge in [-0.3, -0.25) is 9.89 Å². The summed E-state index contributed by atoms with van der Waals surface area (Å²) in [5, 5.41) is 7.58. The van der Waals surface area contributed by atoms with Gasteiger partial charge in [-0.25, -0.2) is 0 Å². The molecule has 1 atom stereocenters. The third-order valence-corrected chi connectivity index (χ3v) is 4.01. The van der Waals surface area contributed by atoms with Crippen molar-refractivity contribution >= 4 is 5.91 Å². The molecular weight excluding hydrogens is 242 g/mol. The Balaban J connectivity index is 1.73. The Morgan fingerprint density at radius 3 is 3.05 bits per heavy atom. The SMILES string of the molecule is CCO[C@@H](C)C(=O)N1CCc2[nH]nc(C3CC3)c2C1. The van der Waals surface area contributed by atoms with E-state index in [9.17, 15) is 4.79 Å². The lowest BCUT2D eigenvalue weighted by Crippen LogP contribution is -2.42. The Kier molecular flexibility index (Phi) is 3.31. The third-order valence-electron chi connectivity index (χ3n) is 4.01. The van der Waals surface area contributed by atoms with E-state index in [0.717, 1.165) is 13.0 Å². The van der Waals surface area contributed by atoms with E-state index >= 15 is 0 Å². The molecule has 3 rings (SSSR count). The Morgan fingerprint density at radius 1 is 1.58 bits per heavy atom. The van der Waals surface area contributed by atoms with Crippen LogP contribution < -0.4 is 0 Å². The maximum absolute atomic E-state index is 12.3. The number of amides is 1. The minimum atomic E-state index is -0.345. The van der Waals surface area contributed by atoms with Crippen LogP contribution in [0.25, 0.3) is 0 Å². The molecule has 1 fully saturated rings. The largest absolute Gasteiger partial charge is 0.369 e. The first-order chi connectivity index (χ1) is 9.20. The summed E-state index contributed by atoms with van der Waals surface area (Å²) in [6.07, 6.45) is 3.00. The van der Waals surface area contributed by atoms with Gasteiger partial charge in [0.2, 0.25) is 0 Å². The van der Waals surface area contributed by atoms with Gasteiger partial charge in [-0.2, -0.15) is 5.10 Å². The molecule has 0 aromatic carbocycles. The Hall–Kier alpha value is -1.36. The molecule has 0 spiro atoms. The zero-order valence-corrected chi connectivity index (χ0v) is 11.6. The lowest BCUT2D eigenvalue weighted by molar-refractivity contribution is -0.143. The van der Waals surface area contributed by atoms with Crippen molar-refractivity contribution in [2.24, 2.45) is 0 Å². The average molecular weight is 263 g/mol. The molecule has 104 valence electrons. The zero-order valence-electron chi connectivity index (χ0n) is 11.6. The fourth-order valence-electron chi connectivity index (χ4n) is 2.78.